The zero-order valence-corrected chi connectivity index (χ0v) is 12.4. The van der Waals surface area contributed by atoms with Gasteiger partial charge >= 0.3 is 0 Å². The topological polar surface area (TPSA) is 32.5 Å². The Morgan fingerprint density at radius 3 is 2.60 bits per heavy atom. The third kappa shape index (κ3) is 3.00. The molecule has 5 heteroatoms. The monoisotopic (exact) mass is 283 g/mol. The normalized spacial score (nSPS) is 23.6. The third-order valence-electron chi connectivity index (χ3n) is 4.19. The van der Waals surface area contributed by atoms with Crippen molar-refractivity contribution >= 4 is 0 Å². The summed E-state index contributed by atoms with van der Waals surface area (Å²) in [5, 5.41) is 0. The number of aryl methyl sites for hydroxylation is 1. The lowest BCUT2D eigenvalue weighted by Gasteiger charge is -2.32. The summed E-state index contributed by atoms with van der Waals surface area (Å²) >= 11 is 0. The molecule has 2 unspecified atom stereocenters. The Hall–Kier alpha value is -1.04. The molecule has 0 saturated carbocycles. The van der Waals surface area contributed by atoms with E-state index in [2.05, 4.69) is 9.80 Å². The molecule has 1 aromatic carbocycles. The first-order chi connectivity index (χ1) is 9.41. The van der Waals surface area contributed by atoms with Crippen LogP contribution in [0.15, 0.2) is 12.1 Å². The first-order valence-electron chi connectivity index (χ1n) is 7.00. The van der Waals surface area contributed by atoms with E-state index in [1.54, 1.807) is 19.1 Å². The molecule has 0 aliphatic carbocycles. The Kier molecular flexibility index (Phi) is 4.73. The van der Waals surface area contributed by atoms with E-state index < -0.39 is 17.7 Å². The molecule has 0 aromatic heterocycles. The lowest BCUT2D eigenvalue weighted by molar-refractivity contribution is 0.194. The maximum absolute atomic E-state index is 14.1. The average Bonchev–Trinajstić information content (AvgIpc) is 2.57. The smallest absolute Gasteiger partial charge is 0.163 e. The van der Waals surface area contributed by atoms with Crippen LogP contribution in [0.4, 0.5) is 8.78 Å². The van der Waals surface area contributed by atoms with Crippen LogP contribution in [0.25, 0.3) is 0 Å². The van der Waals surface area contributed by atoms with Crippen LogP contribution in [-0.2, 0) is 0 Å². The Morgan fingerprint density at radius 2 is 1.90 bits per heavy atom. The standard InChI is InChI=1S/C15H23F2N3/c1-10-5-6-11(14(17)13(10)16)15(18)12-9-19(2)7-4-8-20(12)3/h5-6,12,15H,4,7-9,18H2,1-3H3. The number of hydrogen-bond acceptors (Lipinski definition) is 3. The molecule has 3 nitrogen and oxygen atoms in total. The van der Waals surface area contributed by atoms with Crippen molar-refractivity contribution in [2.75, 3.05) is 33.7 Å². The zero-order valence-electron chi connectivity index (χ0n) is 12.4. The maximum atomic E-state index is 14.1. The minimum atomic E-state index is -0.808. The van der Waals surface area contributed by atoms with Crippen molar-refractivity contribution in [1.82, 2.24) is 9.80 Å². The van der Waals surface area contributed by atoms with Gasteiger partial charge in [-0.05, 0) is 46.1 Å². The summed E-state index contributed by atoms with van der Waals surface area (Å²) in [4.78, 5) is 4.34. The number of likely N-dealkylation sites (N-methyl/N-ethyl adjacent to an activating group) is 2. The van der Waals surface area contributed by atoms with Gasteiger partial charge in [-0.3, -0.25) is 0 Å². The van der Waals surface area contributed by atoms with Gasteiger partial charge in [0.1, 0.15) is 0 Å². The highest BCUT2D eigenvalue weighted by Crippen LogP contribution is 2.25. The molecule has 1 aliphatic rings. The van der Waals surface area contributed by atoms with Gasteiger partial charge in [0.15, 0.2) is 11.6 Å². The Bertz CT molecular complexity index is 478. The van der Waals surface area contributed by atoms with E-state index >= 15 is 0 Å². The van der Waals surface area contributed by atoms with Gasteiger partial charge in [-0.2, -0.15) is 0 Å². The summed E-state index contributed by atoms with van der Waals surface area (Å²) in [6.07, 6.45) is 1.06. The Morgan fingerprint density at radius 1 is 1.20 bits per heavy atom. The molecule has 0 radical (unpaired) electrons. The number of hydrogen-bond donors (Lipinski definition) is 1. The number of nitrogens with two attached hydrogens (primary N) is 1. The molecule has 2 N–H and O–H groups in total. The molecule has 0 bridgehead atoms. The molecule has 1 aliphatic heterocycles. The summed E-state index contributed by atoms with van der Waals surface area (Å²) in [5.74, 6) is -1.60. The van der Waals surface area contributed by atoms with Gasteiger partial charge in [-0.1, -0.05) is 12.1 Å². The van der Waals surface area contributed by atoms with Gasteiger partial charge in [0.25, 0.3) is 0 Å². The predicted molar refractivity (Wildman–Crippen MR) is 76.6 cm³/mol. The fraction of sp³-hybridized carbons (Fsp3) is 0.600. The van der Waals surface area contributed by atoms with Gasteiger partial charge < -0.3 is 15.5 Å². The van der Waals surface area contributed by atoms with Gasteiger partial charge in [0, 0.05) is 24.2 Å². The third-order valence-corrected chi connectivity index (χ3v) is 4.19. The second-order valence-corrected chi connectivity index (χ2v) is 5.79. The molecular weight excluding hydrogens is 260 g/mol. The van der Waals surface area contributed by atoms with Gasteiger partial charge in [0.05, 0.1) is 0 Å². The predicted octanol–water partition coefficient (Wildman–Crippen LogP) is 1.91. The van der Waals surface area contributed by atoms with E-state index in [0.29, 0.717) is 5.56 Å². The van der Waals surface area contributed by atoms with Crippen molar-refractivity contribution < 1.29 is 8.78 Å². The first kappa shape index (κ1) is 15.4. The first-order valence-corrected chi connectivity index (χ1v) is 7.00. The van der Waals surface area contributed by atoms with E-state index in [1.165, 1.54) is 0 Å². The molecule has 2 atom stereocenters. The van der Waals surface area contributed by atoms with Crippen LogP contribution < -0.4 is 5.73 Å². The summed E-state index contributed by atoms with van der Waals surface area (Å²) < 4.78 is 27.8. The quantitative estimate of drug-likeness (QED) is 0.900. The number of nitrogens with zero attached hydrogens (tertiary/aromatic N) is 2. The van der Waals surface area contributed by atoms with Gasteiger partial charge in [-0.15, -0.1) is 0 Å². The van der Waals surface area contributed by atoms with Crippen molar-refractivity contribution in [2.24, 2.45) is 5.73 Å². The molecule has 2 rings (SSSR count). The zero-order chi connectivity index (χ0) is 14.9. The lowest BCUT2D eigenvalue weighted by Crippen LogP contribution is -2.45. The summed E-state index contributed by atoms with van der Waals surface area (Å²) in [7, 11) is 4.02. The van der Waals surface area contributed by atoms with E-state index in [-0.39, 0.29) is 11.6 Å². The molecule has 20 heavy (non-hydrogen) atoms. The van der Waals surface area contributed by atoms with Crippen LogP contribution in [0.2, 0.25) is 0 Å². The largest absolute Gasteiger partial charge is 0.323 e. The molecule has 1 saturated heterocycles. The van der Waals surface area contributed by atoms with E-state index in [1.807, 2.05) is 14.1 Å². The molecule has 1 fully saturated rings. The highest BCUT2D eigenvalue weighted by Gasteiger charge is 2.29. The van der Waals surface area contributed by atoms with Crippen molar-refractivity contribution in [3.8, 4) is 0 Å². The number of rotatable bonds is 2. The summed E-state index contributed by atoms with van der Waals surface area (Å²) in [6, 6.07) is 2.65. The maximum Gasteiger partial charge on any atom is 0.163 e. The van der Waals surface area contributed by atoms with Crippen molar-refractivity contribution in [2.45, 2.75) is 25.4 Å². The SMILES string of the molecule is Cc1ccc(C(N)C2CN(C)CCCN2C)c(F)c1F. The van der Waals surface area contributed by atoms with E-state index in [0.717, 1.165) is 26.1 Å². The highest BCUT2D eigenvalue weighted by atomic mass is 19.2. The Labute approximate surface area is 119 Å². The number of benzene rings is 1. The van der Waals surface area contributed by atoms with Crippen molar-refractivity contribution in [3.05, 3.63) is 34.9 Å². The number of halogens is 2. The molecule has 0 spiro atoms. The Balaban J connectivity index is 2.29. The fourth-order valence-electron chi connectivity index (χ4n) is 2.82. The molecular formula is C15H23F2N3. The fourth-order valence-corrected chi connectivity index (χ4v) is 2.82. The van der Waals surface area contributed by atoms with Crippen LogP contribution in [0, 0.1) is 18.6 Å². The second kappa shape index (κ2) is 6.16. The molecule has 1 heterocycles. The highest BCUT2D eigenvalue weighted by molar-refractivity contribution is 5.28. The minimum Gasteiger partial charge on any atom is -0.323 e. The van der Waals surface area contributed by atoms with Crippen LogP contribution in [-0.4, -0.2) is 49.6 Å². The molecule has 112 valence electrons. The van der Waals surface area contributed by atoms with Crippen molar-refractivity contribution in [3.63, 3.8) is 0 Å². The average molecular weight is 283 g/mol. The van der Waals surface area contributed by atoms with Crippen LogP contribution in [0.5, 0.6) is 0 Å². The van der Waals surface area contributed by atoms with Crippen LogP contribution in [0.3, 0.4) is 0 Å². The van der Waals surface area contributed by atoms with E-state index in [9.17, 15) is 8.78 Å². The van der Waals surface area contributed by atoms with Crippen LogP contribution in [0.1, 0.15) is 23.6 Å². The summed E-state index contributed by atoms with van der Waals surface area (Å²) in [5.41, 5.74) is 6.81. The van der Waals surface area contributed by atoms with Gasteiger partial charge in [-0.25, -0.2) is 8.78 Å². The van der Waals surface area contributed by atoms with Crippen LogP contribution >= 0.6 is 0 Å². The second-order valence-electron chi connectivity index (χ2n) is 5.79. The lowest BCUT2D eigenvalue weighted by atomic mass is 9.97. The summed E-state index contributed by atoms with van der Waals surface area (Å²) in [6.45, 7) is 4.23. The van der Waals surface area contributed by atoms with Crippen molar-refractivity contribution in [1.29, 1.82) is 0 Å². The van der Waals surface area contributed by atoms with E-state index in [4.69, 9.17) is 5.73 Å². The molecule has 1 aromatic rings. The van der Waals surface area contributed by atoms with Gasteiger partial charge in [0.2, 0.25) is 0 Å². The minimum absolute atomic E-state index is 0.0147. The molecule has 0 amide bonds.